The number of rotatable bonds is 7. The number of hydrogen-bond donors (Lipinski definition) is 1. The highest BCUT2D eigenvalue weighted by molar-refractivity contribution is 5.95. The summed E-state index contributed by atoms with van der Waals surface area (Å²) in [5.74, 6) is -1.15. The van der Waals surface area contributed by atoms with E-state index in [2.05, 4.69) is 10.3 Å². The normalized spacial score (nSPS) is 10.4. The van der Waals surface area contributed by atoms with Crippen LogP contribution in [0.1, 0.15) is 17.3 Å². The highest BCUT2D eigenvalue weighted by atomic mass is 16.6. The van der Waals surface area contributed by atoms with Crippen molar-refractivity contribution in [3.63, 3.8) is 0 Å². The maximum absolute atomic E-state index is 12.3. The molecule has 13 nitrogen and oxygen atoms in total. The molecule has 0 aliphatic heterocycles. The third-order valence-electron chi connectivity index (χ3n) is 3.79. The summed E-state index contributed by atoms with van der Waals surface area (Å²) in [6.07, 6.45) is 0.953. The zero-order chi connectivity index (χ0) is 21.8. The molecule has 3 aromatic rings. The van der Waals surface area contributed by atoms with E-state index in [0.29, 0.717) is 5.69 Å². The van der Waals surface area contributed by atoms with Gasteiger partial charge < -0.3 is 14.6 Å². The van der Waals surface area contributed by atoms with Crippen molar-refractivity contribution < 1.29 is 23.9 Å². The molecule has 2 heterocycles. The van der Waals surface area contributed by atoms with Crippen LogP contribution in [0.4, 0.5) is 22.9 Å². The van der Waals surface area contributed by atoms with Crippen molar-refractivity contribution in [3.8, 4) is 5.82 Å². The fraction of sp³-hybridized carbons (Fsp3) is 0.118. The number of benzene rings is 1. The molecular formula is C17H13N5O8. The van der Waals surface area contributed by atoms with Gasteiger partial charge in [0, 0.05) is 23.9 Å². The Morgan fingerprint density at radius 2 is 1.77 bits per heavy atom. The molecule has 0 spiro atoms. The number of aromatic nitrogens is 2. The van der Waals surface area contributed by atoms with Gasteiger partial charge in [-0.2, -0.15) is 0 Å². The van der Waals surface area contributed by atoms with Gasteiger partial charge in [-0.3, -0.25) is 20.2 Å². The fourth-order valence-corrected chi connectivity index (χ4v) is 2.44. The number of hydrogen-bond acceptors (Lipinski definition) is 10. The summed E-state index contributed by atoms with van der Waals surface area (Å²) < 4.78 is 10.9. The van der Waals surface area contributed by atoms with Gasteiger partial charge in [-0.1, -0.05) is 0 Å². The monoisotopic (exact) mass is 415 g/mol. The lowest BCUT2D eigenvalue weighted by Gasteiger charge is -2.10. The zero-order valence-corrected chi connectivity index (χ0v) is 15.3. The Morgan fingerprint density at radius 3 is 2.30 bits per heavy atom. The smallest absolute Gasteiger partial charge is 0.374 e. The van der Waals surface area contributed by atoms with Crippen LogP contribution in [0.25, 0.3) is 5.82 Å². The Bertz CT molecular complexity index is 1160. The first-order valence-corrected chi connectivity index (χ1v) is 8.37. The van der Waals surface area contributed by atoms with Crippen molar-refractivity contribution in [2.45, 2.75) is 6.92 Å². The number of pyridine rings is 1. The number of carbonyl (C=O) groups excluding carboxylic acids is 1. The minimum absolute atomic E-state index is 0.00376. The van der Waals surface area contributed by atoms with Crippen LogP contribution < -0.4 is 10.9 Å². The van der Waals surface area contributed by atoms with E-state index >= 15 is 0 Å². The van der Waals surface area contributed by atoms with Crippen LogP contribution in [-0.2, 0) is 4.74 Å². The minimum Gasteiger partial charge on any atom is -0.462 e. The molecule has 0 aliphatic rings. The predicted octanol–water partition coefficient (Wildman–Crippen LogP) is 2.56. The van der Waals surface area contributed by atoms with Crippen molar-refractivity contribution in [1.82, 2.24) is 9.72 Å². The van der Waals surface area contributed by atoms with Crippen LogP contribution in [0.2, 0.25) is 0 Å². The Hall–Kier alpha value is -4.55. The summed E-state index contributed by atoms with van der Waals surface area (Å²) in [6, 6.07) is 7.52. The number of nitro groups is 2. The first kappa shape index (κ1) is 20.2. The molecule has 0 saturated heterocycles. The van der Waals surface area contributed by atoms with Crippen LogP contribution >= 0.6 is 0 Å². The molecule has 30 heavy (non-hydrogen) atoms. The Kier molecular flexibility index (Phi) is 5.53. The zero-order valence-electron chi connectivity index (χ0n) is 15.3. The van der Waals surface area contributed by atoms with Gasteiger partial charge >= 0.3 is 11.6 Å². The standard InChI is InChI=1S/C17H13N5O8/c1-2-29-16(23)14-15(19-10-3-5-11(6-4-10)21(25)26)20(30-17(14)24)13-8-7-12(9-18-13)22(27)28/h3-9,19H,2H2,1H3. The molecule has 0 unspecified atom stereocenters. The number of ether oxygens (including phenoxy) is 1. The third kappa shape index (κ3) is 3.99. The number of nitro benzene ring substituents is 1. The summed E-state index contributed by atoms with van der Waals surface area (Å²) in [5, 5.41) is 24.4. The van der Waals surface area contributed by atoms with Crippen LogP contribution in [-0.4, -0.2) is 32.1 Å². The van der Waals surface area contributed by atoms with Crippen molar-refractivity contribution in [1.29, 1.82) is 0 Å². The van der Waals surface area contributed by atoms with Crippen LogP contribution in [0, 0.1) is 20.2 Å². The van der Waals surface area contributed by atoms with Gasteiger partial charge in [-0.25, -0.2) is 14.6 Å². The molecule has 13 heteroatoms. The summed E-state index contributed by atoms with van der Waals surface area (Å²) in [7, 11) is 0. The number of anilines is 2. The second-order valence-electron chi connectivity index (χ2n) is 5.68. The van der Waals surface area contributed by atoms with Crippen LogP contribution in [0.3, 0.4) is 0 Å². The van der Waals surface area contributed by atoms with Gasteiger partial charge in [0.25, 0.3) is 11.4 Å². The first-order chi connectivity index (χ1) is 14.3. The Balaban J connectivity index is 2.09. The molecule has 0 radical (unpaired) electrons. The van der Waals surface area contributed by atoms with E-state index in [4.69, 9.17) is 9.26 Å². The molecule has 3 rings (SSSR count). The number of nitrogens with zero attached hydrogens (tertiary/aromatic N) is 4. The number of esters is 1. The lowest BCUT2D eigenvalue weighted by atomic mass is 10.2. The lowest BCUT2D eigenvalue weighted by molar-refractivity contribution is -0.385. The minimum atomic E-state index is -1.03. The Morgan fingerprint density at radius 1 is 1.13 bits per heavy atom. The number of carbonyl (C=O) groups is 1. The quantitative estimate of drug-likeness (QED) is 0.343. The average molecular weight is 415 g/mol. The van der Waals surface area contributed by atoms with E-state index in [1.165, 1.54) is 30.3 Å². The van der Waals surface area contributed by atoms with Gasteiger partial charge in [0.1, 0.15) is 6.20 Å². The van der Waals surface area contributed by atoms with Crippen molar-refractivity contribution in [3.05, 3.63) is 78.8 Å². The molecular weight excluding hydrogens is 402 g/mol. The highest BCUT2D eigenvalue weighted by Crippen LogP contribution is 2.25. The van der Waals surface area contributed by atoms with E-state index < -0.39 is 27.0 Å². The maximum atomic E-state index is 12.3. The number of nitrogens with one attached hydrogen (secondary N) is 1. The summed E-state index contributed by atoms with van der Waals surface area (Å²) in [5.41, 5.74) is -1.65. The molecule has 1 N–H and O–H groups in total. The fourth-order valence-electron chi connectivity index (χ4n) is 2.44. The van der Waals surface area contributed by atoms with E-state index in [1.54, 1.807) is 6.92 Å². The summed E-state index contributed by atoms with van der Waals surface area (Å²) in [6.45, 7) is 1.55. The molecule has 0 bridgehead atoms. The largest absolute Gasteiger partial charge is 0.462 e. The summed E-state index contributed by atoms with van der Waals surface area (Å²) in [4.78, 5) is 48.9. The topological polar surface area (TPSA) is 173 Å². The van der Waals surface area contributed by atoms with Crippen molar-refractivity contribution in [2.24, 2.45) is 0 Å². The van der Waals surface area contributed by atoms with E-state index in [0.717, 1.165) is 17.0 Å². The Labute approximate surface area is 166 Å². The second kappa shape index (κ2) is 8.22. The SMILES string of the molecule is CCOC(=O)c1c(Nc2ccc([N+](=O)[O-])cc2)n(-c2ccc([N+](=O)[O-])cn2)oc1=O. The molecule has 0 aliphatic carbocycles. The molecule has 154 valence electrons. The van der Waals surface area contributed by atoms with E-state index in [-0.39, 0.29) is 29.6 Å². The predicted molar refractivity (Wildman–Crippen MR) is 101 cm³/mol. The van der Waals surface area contributed by atoms with Gasteiger partial charge in [0.15, 0.2) is 17.2 Å². The highest BCUT2D eigenvalue weighted by Gasteiger charge is 2.27. The van der Waals surface area contributed by atoms with Crippen molar-refractivity contribution in [2.75, 3.05) is 11.9 Å². The van der Waals surface area contributed by atoms with Gasteiger partial charge in [-0.05, 0) is 25.1 Å². The molecule has 1 aromatic carbocycles. The average Bonchev–Trinajstić information content (AvgIpc) is 3.04. The summed E-state index contributed by atoms with van der Waals surface area (Å²) >= 11 is 0. The van der Waals surface area contributed by atoms with E-state index in [1.807, 2.05) is 0 Å². The van der Waals surface area contributed by atoms with Crippen LogP contribution in [0.5, 0.6) is 0 Å². The lowest BCUT2D eigenvalue weighted by Crippen LogP contribution is -2.15. The molecule has 0 fully saturated rings. The number of non-ortho nitro benzene ring substituents is 1. The molecule has 0 amide bonds. The molecule has 0 atom stereocenters. The first-order valence-electron chi connectivity index (χ1n) is 8.37. The van der Waals surface area contributed by atoms with Gasteiger partial charge in [0.2, 0.25) is 0 Å². The second-order valence-corrected chi connectivity index (χ2v) is 5.68. The van der Waals surface area contributed by atoms with Crippen molar-refractivity contribution >= 4 is 28.8 Å². The van der Waals surface area contributed by atoms with E-state index in [9.17, 15) is 29.8 Å². The van der Waals surface area contributed by atoms with Crippen LogP contribution in [0.15, 0.2) is 51.9 Å². The molecule has 2 aromatic heterocycles. The van der Waals surface area contributed by atoms with Gasteiger partial charge in [-0.15, -0.1) is 4.74 Å². The third-order valence-corrected chi connectivity index (χ3v) is 3.79. The molecule has 0 saturated carbocycles. The maximum Gasteiger partial charge on any atom is 0.374 e. The van der Waals surface area contributed by atoms with Gasteiger partial charge in [0.05, 0.1) is 16.5 Å².